The van der Waals surface area contributed by atoms with Gasteiger partial charge in [0.2, 0.25) is 0 Å². The monoisotopic (exact) mass is 497 g/mol. The minimum absolute atomic E-state index is 0.0665. The van der Waals surface area contributed by atoms with Crippen LogP contribution in [0, 0.1) is 13.8 Å². The molecule has 2 aromatic carbocycles. The SMILES string of the molecule is COc1cccc(-n2c(C)cc([C@@H]3[C@H](c4ccccn4)NC(=S)N3c3ccc(N(C)C)cc3)c2C)c1. The van der Waals surface area contributed by atoms with Crippen LogP contribution in [0.1, 0.15) is 34.7 Å². The maximum Gasteiger partial charge on any atom is 0.174 e. The van der Waals surface area contributed by atoms with Gasteiger partial charge in [0.1, 0.15) is 5.75 Å². The Bertz CT molecular complexity index is 1380. The summed E-state index contributed by atoms with van der Waals surface area (Å²) in [5.74, 6) is 0.833. The molecule has 0 saturated carbocycles. The van der Waals surface area contributed by atoms with E-state index in [0.717, 1.165) is 39.9 Å². The fraction of sp³-hybridized carbons (Fsp3) is 0.241. The lowest BCUT2D eigenvalue weighted by Gasteiger charge is -2.28. The van der Waals surface area contributed by atoms with Crippen LogP contribution in [-0.2, 0) is 0 Å². The number of anilines is 2. The Hall–Kier alpha value is -3.84. The molecule has 184 valence electrons. The van der Waals surface area contributed by atoms with E-state index in [1.54, 1.807) is 7.11 Å². The number of pyridine rings is 1. The van der Waals surface area contributed by atoms with Gasteiger partial charge in [0.25, 0.3) is 0 Å². The average molecular weight is 498 g/mol. The lowest BCUT2D eigenvalue weighted by Crippen LogP contribution is -2.29. The molecule has 7 heteroatoms. The Morgan fingerprint density at radius 2 is 1.72 bits per heavy atom. The van der Waals surface area contributed by atoms with Crippen molar-refractivity contribution in [1.29, 1.82) is 0 Å². The Morgan fingerprint density at radius 1 is 0.944 bits per heavy atom. The molecule has 0 bridgehead atoms. The van der Waals surface area contributed by atoms with E-state index in [1.165, 1.54) is 5.56 Å². The van der Waals surface area contributed by atoms with Gasteiger partial charge >= 0.3 is 0 Å². The highest BCUT2D eigenvalue weighted by atomic mass is 32.1. The highest BCUT2D eigenvalue weighted by Gasteiger charge is 2.42. The zero-order valence-electron chi connectivity index (χ0n) is 21.3. The number of rotatable bonds is 6. The number of methoxy groups -OCH3 is 1. The smallest absolute Gasteiger partial charge is 0.174 e. The molecule has 5 rings (SSSR count). The van der Waals surface area contributed by atoms with Crippen LogP contribution in [0.5, 0.6) is 5.75 Å². The molecule has 4 aromatic rings. The van der Waals surface area contributed by atoms with Gasteiger partial charge in [-0.05, 0) is 86.2 Å². The summed E-state index contributed by atoms with van der Waals surface area (Å²) in [6, 6.07) is 24.8. The molecule has 1 N–H and O–H groups in total. The van der Waals surface area contributed by atoms with Gasteiger partial charge in [-0.1, -0.05) is 12.1 Å². The Morgan fingerprint density at radius 3 is 2.39 bits per heavy atom. The van der Waals surface area contributed by atoms with Crippen LogP contribution in [0.4, 0.5) is 11.4 Å². The molecule has 1 aliphatic heterocycles. The minimum Gasteiger partial charge on any atom is -0.497 e. The van der Waals surface area contributed by atoms with Gasteiger partial charge in [-0.25, -0.2) is 0 Å². The summed E-state index contributed by atoms with van der Waals surface area (Å²) in [6.07, 6.45) is 1.84. The van der Waals surface area contributed by atoms with Crippen molar-refractivity contribution >= 4 is 28.7 Å². The third-order valence-electron chi connectivity index (χ3n) is 6.84. The van der Waals surface area contributed by atoms with E-state index >= 15 is 0 Å². The van der Waals surface area contributed by atoms with Crippen LogP contribution in [0.2, 0.25) is 0 Å². The molecule has 0 spiro atoms. The number of nitrogens with one attached hydrogen (secondary N) is 1. The average Bonchev–Trinajstić information content (AvgIpc) is 3.39. The van der Waals surface area contributed by atoms with Gasteiger partial charge in [-0.3, -0.25) is 4.98 Å². The summed E-state index contributed by atoms with van der Waals surface area (Å²) in [5, 5.41) is 4.27. The third-order valence-corrected chi connectivity index (χ3v) is 7.16. The number of benzene rings is 2. The van der Waals surface area contributed by atoms with Crippen LogP contribution in [0.25, 0.3) is 5.69 Å². The molecule has 2 aromatic heterocycles. The van der Waals surface area contributed by atoms with Crippen molar-refractivity contribution in [2.24, 2.45) is 0 Å². The fourth-order valence-electron chi connectivity index (χ4n) is 5.09. The minimum atomic E-state index is -0.0912. The zero-order chi connectivity index (χ0) is 25.4. The second kappa shape index (κ2) is 9.66. The molecule has 1 fully saturated rings. The summed E-state index contributed by atoms with van der Waals surface area (Å²) in [7, 11) is 5.79. The number of thiocarbonyl (C=S) groups is 1. The molecule has 0 radical (unpaired) electrons. The first-order chi connectivity index (χ1) is 17.4. The van der Waals surface area contributed by atoms with Crippen molar-refractivity contribution in [2.45, 2.75) is 25.9 Å². The first-order valence-electron chi connectivity index (χ1n) is 12.0. The molecule has 3 heterocycles. The molecule has 0 aliphatic carbocycles. The van der Waals surface area contributed by atoms with Crippen molar-refractivity contribution in [3.05, 3.63) is 102 Å². The van der Waals surface area contributed by atoms with E-state index in [0.29, 0.717) is 5.11 Å². The van der Waals surface area contributed by atoms with E-state index in [2.05, 4.69) is 82.1 Å². The summed E-state index contributed by atoms with van der Waals surface area (Å²) < 4.78 is 7.77. The summed E-state index contributed by atoms with van der Waals surface area (Å²) >= 11 is 5.92. The predicted octanol–water partition coefficient (Wildman–Crippen LogP) is 5.74. The van der Waals surface area contributed by atoms with E-state index in [4.69, 9.17) is 21.9 Å². The molecule has 2 atom stereocenters. The van der Waals surface area contributed by atoms with Crippen LogP contribution < -0.4 is 19.9 Å². The lowest BCUT2D eigenvalue weighted by atomic mass is 9.96. The third kappa shape index (κ3) is 4.20. The summed E-state index contributed by atoms with van der Waals surface area (Å²) in [5.41, 5.74) is 7.74. The van der Waals surface area contributed by atoms with E-state index in [-0.39, 0.29) is 12.1 Å². The molecule has 1 saturated heterocycles. The van der Waals surface area contributed by atoms with Crippen molar-refractivity contribution in [1.82, 2.24) is 14.9 Å². The second-order valence-electron chi connectivity index (χ2n) is 9.27. The standard InChI is InChI=1S/C29H31N5OS/c1-19-17-25(20(2)33(19)23-9-8-10-24(18-23)35-5)28-27(26-11-6-7-16-30-26)31-29(36)34(28)22-14-12-21(13-15-22)32(3)4/h6-18,27-28H,1-5H3,(H,31,36)/t27-,28+/m0/s1. The maximum absolute atomic E-state index is 5.92. The summed E-state index contributed by atoms with van der Waals surface area (Å²) in [4.78, 5) is 9.02. The predicted molar refractivity (Wildman–Crippen MR) is 150 cm³/mol. The number of hydrogen-bond donors (Lipinski definition) is 1. The molecular formula is C29H31N5OS. The van der Waals surface area contributed by atoms with Crippen LogP contribution in [0.3, 0.4) is 0 Å². The maximum atomic E-state index is 5.92. The zero-order valence-corrected chi connectivity index (χ0v) is 22.1. The topological polar surface area (TPSA) is 45.6 Å². The second-order valence-corrected chi connectivity index (χ2v) is 9.66. The van der Waals surface area contributed by atoms with E-state index in [9.17, 15) is 0 Å². The highest BCUT2D eigenvalue weighted by Crippen LogP contribution is 2.44. The van der Waals surface area contributed by atoms with Gasteiger partial charge in [0, 0.05) is 54.8 Å². The number of hydrogen-bond acceptors (Lipinski definition) is 4. The van der Waals surface area contributed by atoms with Crippen molar-refractivity contribution in [2.75, 3.05) is 31.0 Å². The number of ether oxygens (including phenoxy) is 1. The van der Waals surface area contributed by atoms with Crippen molar-refractivity contribution in [3.63, 3.8) is 0 Å². The van der Waals surface area contributed by atoms with Gasteiger partial charge in [-0.15, -0.1) is 0 Å². The van der Waals surface area contributed by atoms with Gasteiger partial charge in [0.15, 0.2) is 5.11 Å². The Labute approximate surface area is 218 Å². The van der Waals surface area contributed by atoms with Gasteiger partial charge in [-0.2, -0.15) is 0 Å². The van der Waals surface area contributed by atoms with E-state index < -0.39 is 0 Å². The molecule has 0 unspecified atom stereocenters. The number of aromatic nitrogens is 2. The van der Waals surface area contributed by atoms with Crippen LogP contribution in [0.15, 0.2) is 79.0 Å². The van der Waals surface area contributed by atoms with E-state index in [1.807, 2.05) is 44.6 Å². The van der Waals surface area contributed by atoms with Crippen molar-refractivity contribution < 1.29 is 4.74 Å². The van der Waals surface area contributed by atoms with Gasteiger partial charge < -0.3 is 24.4 Å². The molecular weight excluding hydrogens is 466 g/mol. The summed E-state index contributed by atoms with van der Waals surface area (Å²) in [6.45, 7) is 4.31. The van der Waals surface area contributed by atoms with Crippen LogP contribution in [-0.4, -0.2) is 35.9 Å². The fourth-order valence-corrected chi connectivity index (χ4v) is 5.44. The Balaban J connectivity index is 1.65. The largest absolute Gasteiger partial charge is 0.497 e. The number of nitrogens with zero attached hydrogens (tertiary/aromatic N) is 4. The number of aryl methyl sites for hydroxylation is 1. The highest BCUT2D eigenvalue weighted by molar-refractivity contribution is 7.80. The van der Waals surface area contributed by atoms with Crippen molar-refractivity contribution in [3.8, 4) is 11.4 Å². The van der Waals surface area contributed by atoms with Gasteiger partial charge in [0.05, 0.1) is 24.9 Å². The first-order valence-corrected chi connectivity index (χ1v) is 12.4. The normalized spacial score (nSPS) is 17.2. The quantitative estimate of drug-likeness (QED) is 0.343. The molecule has 6 nitrogen and oxygen atoms in total. The molecule has 36 heavy (non-hydrogen) atoms. The Kier molecular flexibility index (Phi) is 6.41. The lowest BCUT2D eigenvalue weighted by molar-refractivity contribution is 0.414. The molecule has 1 aliphatic rings. The molecule has 0 amide bonds. The first kappa shape index (κ1) is 23.9. The van der Waals surface area contributed by atoms with Crippen LogP contribution >= 0.6 is 12.2 Å².